The van der Waals surface area contributed by atoms with Crippen molar-refractivity contribution in [1.29, 1.82) is 0 Å². The lowest BCUT2D eigenvalue weighted by Gasteiger charge is -1.97. The predicted molar refractivity (Wildman–Crippen MR) is 20.7 cm³/mol. The van der Waals surface area contributed by atoms with E-state index in [1.54, 1.807) is 0 Å². The van der Waals surface area contributed by atoms with Crippen LogP contribution in [0.25, 0.3) is 0 Å². The second-order valence-corrected chi connectivity index (χ2v) is 0.926. The summed E-state index contributed by atoms with van der Waals surface area (Å²) in [5.41, 5.74) is 0. The molecule has 0 aromatic heterocycles. The van der Waals surface area contributed by atoms with E-state index in [0.717, 1.165) is 7.11 Å². The van der Waals surface area contributed by atoms with Crippen LogP contribution in [0.15, 0.2) is 0 Å². The van der Waals surface area contributed by atoms with Crippen LogP contribution in [0.3, 0.4) is 0 Å². The van der Waals surface area contributed by atoms with Gasteiger partial charge >= 0.3 is 5.97 Å². The lowest BCUT2D eigenvalue weighted by molar-refractivity contribution is -0.171. The van der Waals surface area contributed by atoms with E-state index in [1.165, 1.54) is 0 Å². The zero-order chi connectivity index (χ0) is 5.86. The van der Waals surface area contributed by atoms with Crippen molar-refractivity contribution in [2.75, 3.05) is 7.11 Å². The highest BCUT2D eigenvalue weighted by molar-refractivity contribution is 5.70. The van der Waals surface area contributed by atoms with Crippen LogP contribution in [0.4, 0.5) is 0 Å². The fraction of sp³-hybridized carbons (Fsp3) is 0.667. The molecule has 0 aromatic rings. The summed E-state index contributed by atoms with van der Waals surface area (Å²) < 4.78 is 3.97. The van der Waals surface area contributed by atoms with E-state index < -0.39 is 12.3 Å². The molecule has 0 amide bonds. The summed E-state index contributed by atoms with van der Waals surface area (Å²) in [5.74, 6) is -1.37. The van der Waals surface area contributed by atoms with Gasteiger partial charge in [-0.1, -0.05) is 0 Å². The third-order valence-electron chi connectivity index (χ3n) is 0.435. The number of ether oxygens (including phenoxy) is 1. The van der Waals surface area contributed by atoms with Crippen molar-refractivity contribution in [3.8, 4) is 0 Å². The van der Waals surface area contributed by atoms with Crippen molar-refractivity contribution in [3.05, 3.63) is 0 Å². The monoisotopic (exact) mass is 106 g/mol. The van der Waals surface area contributed by atoms with Gasteiger partial charge < -0.3 is 14.9 Å². The summed E-state index contributed by atoms with van der Waals surface area (Å²) in [6, 6.07) is 0. The van der Waals surface area contributed by atoms with Gasteiger partial charge in [-0.15, -0.1) is 0 Å². The van der Waals surface area contributed by atoms with E-state index in [9.17, 15) is 4.79 Å². The third kappa shape index (κ3) is 2.13. The molecular formula is C3H6O4. The van der Waals surface area contributed by atoms with Crippen molar-refractivity contribution in [3.63, 3.8) is 0 Å². The molecule has 4 nitrogen and oxygen atoms in total. The third-order valence-corrected chi connectivity index (χ3v) is 0.435. The number of hydrogen-bond donors (Lipinski definition) is 2. The van der Waals surface area contributed by atoms with Gasteiger partial charge in [0.25, 0.3) is 6.29 Å². The Kier molecular flexibility index (Phi) is 2.32. The SMILES string of the molecule is COC(O)C(=O)O. The molecule has 0 spiro atoms. The van der Waals surface area contributed by atoms with Gasteiger partial charge in [-0.2, -0.15) is 0 Å². The molecule has 1 unspecified atom stereocenters. The quantitative estimate of drug-likeness (QED) is 0.445. The van der Waals surface area contributed by atoms with E-state index >= 15 is 0 Å². The first-order valence-corrected chi connectivity index (χ1v) is 1.62. The molecule has 0 aliphatic heterocycles. The van der Waals surface area contributed by atoms with Crippen molar-refractivity contribution < 1.29 is 19.7 Å². The molecule has 0 radical (unpaired) electrons. The maximum Gasteiger partial charge on any atom is 0.360 e. The molecule has 7 heavy (non-hydrogen) atoms. The Hall–Kier alpha value is -0.610. The smallest absolute Gasteiger partial charge is 0.360 e. The Morgan fingerprint density at radius 1 is 1.86 bits per heavy atom. The summed E-state index contributed by atoms with van der Waals surface area (Å²) in [4.78, 5) is 9.56. The second kappa shape index (κ2) is 2.54. The van der Waals surface area contributed by atoms with Crippen LogP contribution >= 0.6 is 0 Å². The van der Waals surface area contributed by atoms with Crippen LogP contribution in [0.5, 0.6) is 0 Å². The maximum absolute atomic E-state index is 9.56. The Bertz CT molecular complexity index is 69.3. The van der Waals surface area contributed by atoms with E-state index in [2.05, 4.69) is 4.74 Å². The number of hydrogen-bond acceptors (Lipinski definition) is 3. The van der Waals surface area contributed by atoms with E-state index in [1.807, 2.05) is 0 Å². The average molecular weight is 106 g/mol. The Balaban J connectivity index is 3.34. The van der Waals surface area contributed by atoms with Gasteiger partial charge in [0.15, 0.2) is 0 Å². The standard InChI is InChI=1S/C3H6O4/c1-7-3(6)2(4)5/h3,6H,1H3,(H,4,5). The van der Waals surface area contributed by atoms with Crippen molar-refractivity contribution in [2.45, 2.75) is 6.29 Å². The normalized spacial score (nSPS) is 13.4. The number of carbonyl (C=O) groups is 1. The molecule has 4 heteroatoms. The number of carboxylic acid groups (broad SMARTS) is 1. The first-order valence-electron chi connectivity index (χ1n) is 1.62. The Labute approximate surface area is 40.3 Å². The highest BCUT2D eigenvalue weighted by Gasteiger charge is 2.08. The molecule has 0 heterocycles. The zero-order valence-corrected chi connectivity index (χ0v) is 3.79. The van der Waals surface area contributed by atoms with Crippen LogP contribution < -0.4 is 0 Å². The first kappa shape index (κ1) is 6.39. The van der Waals surface area contributed by atoms with Crippen molar-refractivity contribution in [2.24, 2.45) is 0 Å². The van der Waals surface area contributed by atoms with E-state index in [0.29, 0.717) is 0 Å². The van der Waals surface area contributed by atoms with Crippen LogP contribution in [-0.4, -0.2) is 29.6 Å². The number of carboxylic acids is 1. The lowest BCUT2D eigenvalue weighted by atomic mass is 10.7. The minimum absolute atomic E-state index is 1.11. The Morgan fingerprint density at radius 3 is 2.29 bits per heavy atom. The molecule has 0 aliphatic rings. The minimum atomic E-state index is -1.68. The van der Waals surface area contributed by atoms with Crippen LogP contribution in [0.1, 0.15) is 0 Å². The van der Waals surface area contributed by atoms with Gasteiger partial charge in [0, 0.05) is 7.11 Å². The van der Waals surface area contributed by atoms with Gasteiger partial charge in [0.2, 0.25) is 0 Å². The van der Waals surface area contributed by atoms with Gasteiger partial charge in [0.05, 0.1) is 0 Å². The van der Waals surface area contributed by atoms with E-state index in [4.69, 9.17) is 10.2 Å². The molecule has 0 fully saturated rings. The highest BCUT2D eigenvalue weighted by atomic mass is 16.6. The molecule has 0 saturated heterocycles. The van der Waals surface area contributed by atoms with Gasteiger partial charge in [-0.3, -0.25) is 0 Å². The van der Waals surface area contributed by atoms with Crippen molar-refractivity contribution in [1.82, 2.24) is 0 Å². The summed E-state index contributed by atoms with van der Waals surface area (Å²) in [7, 11) is 1.11. The summed E-state index contributed by atoms with van der Waals surface area (Å²) in [5, 5.41) is 15.9. The number of aliphatic carboxylic acids is 1. The second-order valence-electron chi connectivity index (χ2n) is 0.926. The van der Waals surface area contributed by atoms with Crippen LogP contribution in [0, 0.1) is 0 Å². The van der Waals surface area contributed by atoms with Gasteiger partial charge in [-0.05, 0) is 0 Å². The summed E-state index contributed by atoms with van der Waals surface area (Å²) >= 11 is 0. The largest absolute Gasteiger partial charge is 0.477 e. The molecule has 0 bridgehead atoms. The van der Waals surface area contributed by atoms with E-state index in [-0.39, 0.29) is 0 Å². The molecule has 1 atom stereocenters. The topological polar surface area (TPSA) is 66.8 Å². The summed E-state index contributed by atoms with van der Waals surface area (Å²) in [6.45, 7) is 0. The number of aliphatic hydroxyl groups excluding tert-OH is 1. The average Bonchev–Trinajstić information content (AvgIpc) is 1.65. The number of methoxy groups -OCH3 is 1. The van der Waals surface area contributed by atoms with Gasteiger partial charge in [-0.25, -0.2) is 4.79 Å². The maximum atomic E-state index is 9.56. The molecule has 0 aliphatic carbocycles. The fourth-order valence-corrected chi connectivity index (χ4v) is 0.101. The molecule has 0 aromatic carbocycles. The van der Waals surface area contributed by atoms with Gasteiger partial charge in [0.1, 0.15) is 0 Å². The molecule has 0 rings (SSSR count). The molecule has 2 N–H and O–H groups in total. The number of rotatable bonds is 2. The van der Waals surface area contributed by atoms with Crippen molar-refractivity contribution >= 4 is 5.97 Å². The first-order chi connectivity index (χ1) is 3.18. The predicted octanol–water partition coefficient (Wildman–Crippen LogP) is -0.964. The molecular weight excluding hydrogens is 100 g/mol. The summed E-state index contributed by atoms with van der Waals surface area (Å²) in [6.07, 6.45) is -1.68. The molecule has 0 saturated carbocycles. The molecule has 42 valence electrons. The highest BCUT2D eigenvalue weighted by Crippen LogP contribution is 1.78. The van der Waals surface area contributed by atoms with Crippen LogP contribution in [-0.2, 0) is 9.53 Å². The number of aliphatic hydroxyl groups is 1. The Morgan fingerprint density at radius 2 is 2.29 bits per heavy atom. The minimum Gasteiger partial charge on any atom is -0.477 e. The fourth-order valence-electron chi connectivity index (χ4n) is 0.101. The van der Waals surface area contributed by atoms with Crippen LogP contribution in [0.2, 0.25) is 0 Å². The lowest BCUT2D eigenvalue weighted by Crippen LogP contribution is -2.20. The zero-order valence-electron chi connectivity index (χ0n) is 3.79.